The summed E-state index contributed by atoms with van der Waals surface area (Å²) in [6.07, 6.45) is 0.688. The predicted molar refractivity (Wildman–Crippen MR) is 80.2 cm³/mol. The number of benzene rings is 1. The molecular formula is C16H26N2O. The largest absolute Gasteiger partial charge is 0.355 e. The van der Waals surface area contributed by atoms with Gasteiger partial charge in [0.15, 0.2) is 0 Å². The molecule has 0 spiro atoms. The van der Waals surface area contributed by atoms with E-state index in [1.807, 2.05) is 0 Å². The van der Waals surface area contributed by atoms with E-state index in [1.54, 1.807) is 0 Å². The summed E-state index contributed by atoms with van der Waals surface area (Å²) in [5.74, 6) is 0.414. The lowest BCUT2D eigenvalue weighted by atomic mass is 9.90. The SMILES string of the molecule is Cc1ccc(C(CCN)C(=O)NCC(C)C)c(C)c1. The number of amides is 1. The minimum atomic E-state index is -0.135. The third-order valence-electron chi connectivity index (χ3n) is 3.26. The van der Waals surface area contributed by atoms with E-state index >= 15 is 0 Å². The average molecular weight is 262 g/mol. The molecular weight excluding hydrogens is 236 g/mol. The maximum atomic E-state index is 12.3. The molecule has 1 rings (SSSR count). The monoisotopic (exact) mass is 262 g/mol. The Morgan fingerprint density at radius 1 is 1.32 bits per heavy atom. The van der Waals surface area contributed by atoms with Crippen LogP contribution >= 0.6 is 0 Å². The van der Waals surface area contributed by atoms with Crippen molar-refractivity contribution < 1.29 is 4.79 Å². The molecule has 0 saturated heterocycles. The maximum absolute atomic E-state index is 12.3. The third-order valence-corrected chi connectivity index (χ3v) is 3.26. The summed E-state index contributed by atoms with van der Waals surface area (Å²) in [5.41, 5.74) is 9.14. The topological polar surface area (TPSA) is 55.1 Å². The lowest BCUT2D eigenvalue weighted by Gasteiger charge is -2.19. The molecule has 19 heavy (non-hydrogen) atoms. The highest BCUT2D eigenvalue weighted by molar-refractivity contribution is 5.84. The smallest absolute Gasteiger partial charge is 0.227 e. The van der Waals surface area contributed by atoms with Crippen LogP contribution in [0.3, 0.4) is 0 Å². The quantitative estimate of drug-likeness (QED) is 0.827. The Hall–Kier alpha value is -1.35. The second-order valence-electron chi connectivity index (χ2n) is 5.63. The highest BCUT2D eigenvalue weighted by Gasteiger charge is 2.21. The molecule has 3 heteroatoms. The van der Waals surface area contributed by atoms with E-state index in [0.717, 1.165) is 11.1 Å². The standard InChI is InChI=1S/C16H26N2O/c1-11(2)10-18-16(19)15(7-8-17)14-6-5-12(3)9-13(14)4/h5-6,9,11,15H,7-8,10,17H2,1-4H3,(H,18,19). The number of rotatable bonds is 6. The van der Waals surface area contributed by atoms with E-state index in [2.05, 4.69) is 51.2 Å². The number of aryl methyl sites for hydroxylation is 2. The fourth-order valence-corrected chi connectivity index (χ4v) is 2.24. The molecule has 1 aromatic rings. The van der Waals surface area contributed by atoms with Crippen molar-refractivity contribution in [2.75, 3.05) is 13.1 Å². The molecule has 106 valence electrons. The van der Waals surface area contributed by atoms with Gasteiger partial charge in [-0.25, -0.2) is 0 Å². The van der Waals surface area contributed by atoms with Crippen LogP contribution in [0.15, 0.2) is 18.2 Å². The van der Waals surface area contributed by atoms with E-state index in [1.165, 1.54) is 5.56 Å². The van der Waals surface area contributed by atoms with Crippen molar-refractivity contribution in [2.24, 2.45) is 11.7 Å². The first-order chi connectivity index (χ1) is 8.95. The number of carbonyl (C=O) groups is 1. The maximum Gasteiger partial charge on any atom is 0.227 e. The zero-order chi connectivity index (χ0) is 14.4. The molecule has 0 saturated carbocycles. The normalized spacial score (nSPS) is 12.5. The van der Waals surface area contributed by atoms with Gasteiger partial charge in [-0.05, 0) is 43.9 Å². The summed E-state index contributed by atoms with van der Waals surface area (Å²) in [6.45, 7) is 9.54. The lowest BCUT2D eigenvalue weighted by molar-refractivity contribution is -0.122. The molecule has 3 nitrogen and oxygen atoms in total. The van der Waals surface area contributed by atoms with Gasteiger partial charge >= 0.3 is 0 Å². The molecule has 0 radical (unpaired) electrons. The summed E-state index contributed by atoms with van der Waals surface area (Å²) in [4.78, 5) is 12.3. The molecule has 0 aromatic heterocycles. The summed E-state index contributed by atoms with van der Waals surface area (Å²) < 4.78 is 0. The van der Waals surface area contributed by atoms with Crippen molar-refractivity contribution in [1.29, 1.82) is 0 Å². The number of nitrogens with one attached hydrogen (secondary N) is 1. The number of hydrogen-bond acceptors (Lipinski definition) is 2. The first-order valence-corrected chi connectivity index (χ1v) is 7.00. The van der Waals surface area contributed by atoms with Gasteiger partial charge in [-0.2, -0.15) is 0 Å². The first kappa shape index (κ1) is 15.7. The summed E-state index contributed by atoms with van der Waals surface area (Å²) in [7, 11) is 0. The number of nitrogens with two attached hydrogens (primary N) is 1. The molecule has 0 aliphatic heterocycles. The molecule has 0 aliphatic rings. The Morgan fingerprint density at radius 2 is 2.00 bits per heavy atom. The Labute approximate surface area is 116 Å². The highest BCUT2D eigenvalue weighted by atomic mass is 16.1. The van der Waals surface area contributed by atoms with Crippen molar-refractivity contribution in [3.05, 3.63) is 34.9 Å². The fraction of sp³-hybridized carbons (Fsp3) is 0.562. The molecule has 1 unspecified atom stereocenters. The van der Waals surface area contributed by atoms with Crippen LogP contribution in [0.5, 0.6) is 0 Å². The highest BCUT2D eigenvalue weighted by Crippen LogP contribution is 2.24. The Kier molecular flexibility index (Phi) is 6.03. The zero-order valence-corrected chi connectivity index (χ0v) is 12.5. The summed E-state index contributed by atoms with van der Waals surface area (Å²) >= 11 is 0. The molecule has 0 fully saturated rings. The molecule has 0 heterocycles. The Morgan fingerprint density at radius 3 is 2.53 bits per heavy atom. The lowest BCUT2D eigenvalue weighted by Crippen LogP contribution is -2.33. The summed E-state index contributed by atoms with van der Waals surface area (Å²) in [6, 6.07) is 6.23. The van der Waals surface area contributed by atoms with Gasteiger partial charge < -0.3 is 11.1 Å². The molecule has 1 aromatic carbocycles. The van der Waals surface area contributed by atoms with E-state index in [-0.39, 0.29) is 11.8 Å². The molecule has 3 N–H and O–H groups in total. The molecule has 0 aliphatic carbocycles. The van der Waals surface area contributed by atoms with Crippen LogP contribution in [-0.2, 0) is 4.79 Å². The second-order valence-corrected chi connectivity index (χ2v) is 5.63. The van der Waals surface area contributed by atoms with E-state index in [4.69, 9.17) is 5.73 Å². The van der Waals surface area contributed by atoms with Crippen molar-refractivity contribution in [3.63, 3.8) is 0 Å². The van der Waals surface area contributed by atoms with Crippen molar-refractivity contribution in [1.82, 2.24) is 5.32 Å². The number of hydrogen-bond donors (Lipinski definition) is 2. The molecule has 0 bridgehead atoms. The first-order valence-electron chi connectivity index (χ1n) is 7.00. The van der Waals surface area contributed by atoms with Gasteiger partial charge in [0.1, 0.15) is 0 Å². The number of carbonyl (C=O) groups excluding carboxylic acids is 1. The van der Waals surface area contributed by atoms with E-state index in [0.29, 0.717) is 25.4 Å². The van der Waals surface area contributed by atoms with Crippen molar-refractivity contribution in [2.45, 2.75) is 40.0 Å². The van der Waals surface area contributed by atoms with Crippen molar-refractivity contribution in [3.8, 4) is 0 Å². The van der Waals surface area contributed by atoms with Crippen LogP contribution in [0.1, 0.15) is 42.9 Å². The van der Waals surface area contributed by atoms with Gasteiger partial charge in [0.05, 0.1) is 5.92 Å². The van der Waals surface area contributed by atoms with Crippen molar-refractivity contribution >= 4 is 5.91 Å². The van der Waals surface area contributed by atoms with Crippen LogP contribution in [0.25, 0.3) is 0 Å². The third kappa shape index (κ3) is 4.67. The fourth-order valence-electron chi connectivity index (χ4n) is 2.24. The minimum absolute atomic E-state index is 0.0890. The minimum Gasteiger partial charge on any atom is -0.355 e. The average Bonchev–Trinajstić information content (AvgIpc) is 2.34. The van der Waals surface area contributed by atoms with Crippen LogP contribution in [-0.4, -0.2) is 19.0 Å². The predicted octanol–water partition coefficient (Wildman–Crippen LogP) is 2.51. The van der Waals surface area contributed by atoms with Crippen LogP contribution in [0.2, 0.25) is 0 Å². The molecule has 1 atom stereocenters. The van der Waals surface area contributed by atoms with Gasteiger partial charge in [-0.3, -0.25) is 4.79 Å². The van der Waals surface area contributed by atoms with Gasteiger partial charge in [0.25, 0.3) is 0 Å². The van der Waals surface area contributed by atoms with Crippen LogP contribution in [0.4, 0.5) is 0 Å². The Bertz CT molecular complexity index is 427. The van der Waals surface area contributed by atoms with E-state index in [9.17, 15) is 4.79 Å². The molecule has 1 amide bonds. The Balaban J connectivity index is 2.89. The second kappa shape index (κ2) is 7.29. The van der Waals surface area contributed by atoms with Gasteiger partial charge in [0, 0.05) is 6.54 Å². The van der Waals surface area contributed by atoms with E-state index < -0.39 is 0 Å². The van der Waals surface area contributed by atoms with Gasteiger partial charge in [-0.15, -0.1) is 0 Å². The zero-order valence-electron chi connectivity index (χ0n) is 12.5. The summed E-state index contributed by atoms with van der Waals surface area (Å²) in [5, 5.41) is 3.01. The van der Waals surface area contributed by atoms with Gasteiger partial charge in [-0.1, -0.05) is 37.6 Å². The van der Waals surface area contributed by atoms with Crippen LogP contribution in [0, 0.1) is 19.8 Å². The van der Waals surface area contributed by atoms with Gasteiger partial charge in [0.2, 0.25) is 5.91 Å². The van der Waals surface area contributed by atoms with Crippen LogP contribution < -0.4 is 11.1 Å².